The number of para-hydroxylation sites is 1. The second kappa shape index (κ2) is 7.90. The summed E-state index contributed by atoms with van der Waals surface area (Å²) in [6, 6.07) is 13.6. The lowest BCUT2D eigenvalue weighted by molar-refractivity contribution is -0.136. The second-order valence-electron chi connectivity index (χ2n) is 8.02. The Labute approximate surface area is 171 Å². The molecule has 2 aromatic rings. The molecule has 1 spiro atoms. The van der Waals surface area contributed by atoms with Gasteiger partial charge in [0.15, 0.2) is 12.4 Å². The summed E-state index contributed by atoms with van der Waals surface area (Å²) in [7, 11) is 0. The fourth-order valence-corrected chi connectivity index (χ4v) is 4.22. The van der Waals surface area contributed by atoms with E-state index in [4.69, 9.17) is 9.47 Å². The van der Waals surface area contributed by atoms with Crippen LogP contribution in [0.1, 0.15) is 47.7 Å². The van der Waals surface area contributed by atoms with Gasteiger partial charge in [-0.2, -0.15) is 0 Å². The number of nitrogens with zero attached hydrogens (tertiary/aromatic N) is 1. The fraction of sp³-hybridized carbons (Fsp3) is 0.417. The van der Waals surface area contributed by atoms with Crippen molar-refractivity contribution in [2.24, 2.45) is 0 Å². The number of carbonyl (C=O) groups excluding carboxylic acids is 2. The van der Waals surface area contributed by atoms with Crippen LogP contribution < -0.4 is 9.47 Å². The first-order chi connectivity index (χ1) is 14.0. The van der Waals surface area contributed by atoms with E-state index in [-0.39, 0.29) is 18.3 Å². The average Bonchev–Trinajstić information content (AvgIpc) is 2.73. The lowest BCUT2D eigenvalue weighted by atomic mass is 9.82. The number of piperidine rings is 1. The fourth-order valence-electron chi connectivity index (χ4n) is 4.22. The van der Waals surface area contributed by atoms with Gasteiger partial charge in [-0.1, -0.05) is 36.8 Å². The molecule has 5 nitrogen and oxygen atoms in total. The number of hydrogen-bond donors (Lipinski definition) is 0. The van der Waals surface area contributed by atoms with Crippen molar-refractivity contribution in [3.63, 3.8) is 0 Å². The molecule has 29 heavy (non-hydrogen) atoms. The van der Waals surface area contributed by atoms with Crippen LogP contribution in [0.3, 0.4) is 0 Å². The minimum absolute atomic E-state index is 0.0242. The molecule has 2 aromatic carbocycles. The molecule has 0 saturated carbocycles. The summed E-state index contributed by atoms with van der Waals surface area (Å²) in [4.78, 5) is 27.1. The summed E-state index contributed by atoms with van der Waals surface area (Å²) in [5.41, 5.74) is 2.34. The van der Waals surface area contributed by atoms with Crippen LogP contribution in [0, 0.1) is 6.92 Å². The van der Waals surface area contributed by atoms with Gasteiger partial charge < -0.3 is 14.4 Å². The third-order valence-electron chi connectivity index (χ3n) is 5.98. The quantitative estimate of drug-likeness (QED) is 0.789. The first-order valence-electron chi connectivity index (χ1n) is 10.3. The third kappa shape index (κ3) is 4.00. The number of fused-ring (bicyclic) bond motifs is 1. The van der Waals surface area contributed by atoms with Crippen molar-refractivity contribution >= 4 is 11.7 Å². The third-order valence-corrected chi connectivity index (χ3v) is 5.98. The van der Waals surface area contributed by atoms with Gasteiger partial charge in [0.1, 0.15) is 17.1 Å². The van der Waals surface area contributed by atoms with Gasteiger partial charge in [-0.25, -0.2) is 0 Å². The number of Topliss-reactive ketones (excluding diaryl/α,β-unsaturated/α-hetero) is 1. The van der Waals surface area contributed by atoms with Crippen LogP contribution in [0.5, 0.6) is 11.5 Å². The minimum Gasteiger partial charge on any atom is -0.486 e. The van der Waals surface area contributed by atoms with E-state index in [1.807, 2.05) is 54.3 Å². The zero-order valence-corrected chi connectivity index (χ0v) is 17.1. The molecule has 0 aliphatic carbocycles. The van der Waals surface area contributed by atoms with Crippen molar-refractivity contribution in [3.05, 3.63) is 59.2 Å². The smallest absolute Gasteiger partial charge is 0.260 e. The molecule has 0 N–H and O–H groups in total. The summed E-state index contributed by atoms with van der Waals surface area (Å²) in [5.74, 6) is 1.55. The summed E-state index contributed by atoms with van der Waals surface area (Å²) in [6.07, 6.45) is 2.56. The van der Waals surface area contributed by atoms with Crippen LogP contribution in [0.25, 0.3) is 0 Å². The van der Waals surface area contributed by atoms with E-state index < -0.39 is 5.60 Å². The van der Waals surface area contributed by atoms with Gasteiger partial charge in [-0.15, -0.1) is 0 Å². The Bertz CT molecular complexity index is 928. The number of ketones is 1. The standard InChI is InChI=1S/C24H27NO4/c1-3-18-6-4-5-7-21(18)28-16-23(27)25-12-10-24(11-13-25)15-20(26)19-14-17(2)8-9-22(19)29-24/h4-9,14H,3,10-13,15-16H2,1-2H3. The predicted molar refractivity (Wildman–Crippen MR) is 111 cm³/mol. The van der Waals surface area contributed by atoms with Crippen molar-refractivity contribution < 1.29 is 19.1 Å². The zero-order chi connectivity index (χ0) is 20.4. The highest BCUT2D eigenvalue weighted by atomic mass is 16.5. The van der Waals surface area contributed by atoms with Crippen LogP contribution >= 0.6 is 0 Å². The molecular weight excluding hydrogens is 366 g/mol. The van der Waals surface area contributed by atoms with Crippen molar-refractivity contribution in [3.8, 4) is 11.5 Å². The van der Waals surface area contributed by atoms with Crippen molar-refractivity contribution in [2.75, 3.05) is 19.7 Å². The van der Waals surface area contributed by atoms with E-state index in [1.54, 1.807) is 0 Å². The summed E-state index contributed by atoms with van der Waals surface area (Å²) < 4.78 is 12.1. The van der Waals surface area contributed by atoms with Crippen LogP contribution in [0.2, 0.25) is 0 Å². The van der Waals surface area contributed by atoms with E-state index in [0.29, 0.717) is 43.7 Å². The van der Waals surface area contributed by atoms with Gasteiger partial charge >= 0.3 is 0 Å². The molecule has 5 heteroatoms. The summed E-state index contributed by atoms with van der Waals surface area (Å²) in [5, 5.41) is 0. The molecule has 0 radical (unpaired) electrons. The molecule has 1 saturated heterocycles. The highest BCUT2D eigenvalue weighted by molar-refractivity contribution is 6.00. The summed E-state index contributed by atoms with van der Waals surface area (Å²) in [6.45, 7) is 5.23. The van der Waals surface area contributed by atoms with E-state index in [1.165, 1.54) is 0 Å². The lowest BCUT2D eigenvalue weighted by Crippen LogP contribution is -2.53. The Balaban J connectivity index is 1.36. The number of benzene rings is 2. The van der Waals surface area contributed by atoms with Crippen LogP contribution in [-0.4, -0.2) is 41.9 Å². The maximum absolute atomic E-state index is 12.7. The number of aryl methyl sites for hydroxylation is 2. The largest absolute Gasteiger partial charge is 0.486 e. The monoisotopic (exact) mass is 393 g/mol. The van der Waals surface area contributed by atoms with Gasteiger partial charge in [-0.05, 0) is 37.1 Å². The molecule has 0 atom stereocenters. The number of carbonyl (C=O) groups is 2. The van der Waals surface area contributed by atoms with E-state index in [2.05, 4.69) is 6.92 Å². The number of hydrogen-bond acceptors (Lipinski definition) is 4. The highest BCUT2D eigenvalue weighted by Gasteiger charge is 2.43. The molecule has 0 aromatic heterocycles. The van der Waals surface area contributed by atoms with E-state index in [0.717, 1.165) is 23.3 Å². The number of amides is 1. The van der Waals surface area contributed by atoms with Crippen LogP contribution in [0.4, 0.5) is 0 Å². The predicted octanol–water partition coefficient (Wildman–Crippen LogP) is 3.96. The number of rotatable bonds is 4. The first-order valence-corrected chi connectivity index (χ1v) is 10.3. The summed E-state index contributed by atoms with van der Waals surface area (Å²) >= 11 is 0. The topological polar surface area (TPSA) is 55.8 Å². The molecule has 4 rings (SSSR count). The molecular formula is C24H27NO4. The zero-order valence-electron chi connectivity index (χ0n) is 17.1. The average molecular weight is 393 g/mol. The minimum atomic E-state index is -0.494. The van der Waals surface area contributed by atoms with E-state index >= 15 is 0 Å². The van der Waals surface area contributed by atoms with Crippen molar-refractivity contribution in [1.29, 1.82) is 0 Å². The number of likely N-dealkylation sites (tertiary alicyclic amines) is 1. The van der Waals surface area contributed by atoms with Crippen molar-refractivity contribution in [1.82, 2.24) is 4.90 Å². The molecule has 1 amide bonds. The molecule has 152 valence electrons. The Kier molecular flexibility index (Phi) is 5.31. The van der Waals surface area contributed by atoms with E-state index in [9.17, 15) is 9.59 Å². The molecule has 1 fully saturated rings. The normalized spacial score (nSPS) is 17.6. The Morgan fingerprint density at radius 1 is 1.17 bits per heavy atom. The molecule has 2 heterocycles. The maximum Gasteiger partial charge on any atom is 0.260 e. The Morgan fingerprint density at radius 3 is 2.69 bits per heavy atom. The molecule has 0 bridgehead atoms. The van der Waals surface area contributed by atoms with Gasteiger partial charge in [0.05, 0.1) is 12.0 Å². The second-order valence-corrected chi connectivity index (χ2v) is 8.02. The van der Waals surface area contributed by atoms with Gasteiger partial charge in [0, 0.05) is 25.9 Å². The molecule has 0 unspecified atom stereocenters. The SMILES string of the molecule is CCc1ccccc1OCC(=O)N1CCC2(CC1)CC(=O)c1cc(C)ccc1O2. The van der Waals surface area contributed by atoms with Gasteiger partial charge in [-0.3, -0.25) is 9.59 Å². The van der Waals surface area contributed by atoms with Crippen molar-refractivity contribution in [2.45, 2.75) is 45.1 Å². The van der Waals surface area contributed by atoms with Gasteiger partial charge in [0.25, 0.3) is 5.91 Å². The van der Waals surface area contributed by atoms with Gasteiger partial charge in [0.2, 0.25) is 0 Å². The Hall–Kier alpha value is -2.82. The van der Waals surface area contributed by atoms with Crippen LogP contribution in [0.15, 0.2) is 42.5 Å². The Morgan fingerprint density at radius 2 is 1.93 bits per heavy atom. The highest BCUT2D eigenvalue weighted by Crippen LogP contribution is 2.39. The molecule has 2 aliphatic heterocycles. The lowest BCUT2D eigenvalue weighted by Gasteiger charge is -2.44. The first kappa shape index (κ1) is 19.5. The van der Waals surface area contributed by atoms with Crippen LogP contribution in [-0.2, 0) is 11.2 Å². The number of ether oxygens (including phenoxy) is 2. The molecule has 2 aliphatic rings. The maximum atomic E-state index is 12.7.